The minimum absolute atomic E-state index is 0.234. The van der Waals surface area contributed by atoms with Crippen LogP contribution in [0, 0.1) is 0 Å². The van der Waals surface area contributed by atoms with Crippen molar-refractivity contribution in [1.82, 2.24) is 20.1 Å². The Morgan fingerprint density at radius 2 is 2.00 bits per heavy atom. The van der Waals surface area contributed by atoms with Crippen LogP contribution in [0.4, 0.5) is 0 Å². The zero-order valence-electron chi connectivity index (χ0n) is 11.9. The highest BCUT2D eigenvalue weighted by Gasteiger charge is 2.12. The van der Waals surface area contributed by atoms with E-state index in [9.17, 15) is 4.79 Å². The Balaban J connectivity index is 1.76. The minimum Gasteiger partial charge on any atom is -0.345 e. The molecule has 23 heavy (non-hydrogen) atoms. The smallest absolute Gasteiger partial charge is 0.252 e. The van der Waals surface area contributed by atoms with Crippen molar-refractivity contribution in [2.75, 3.05) is 0 Å². The zero-order chi connectivity index (χ0) is 16.2. The summed E-state index contributed by atoms with van der Waals surface area (Å²) in [6.07, 6.45) is 1.62. The molecule has 0 saturated carbocycles. The molecule has 3 rings (SSSR count). The van der Waals surface area contributed by atoms with E-state index in [1.807, 2.05) is 34.9 Å². The fourth-order valence-corrected chi connectivity index (χ4v) is 2.71. The molecule has 116 valence electrons. The summed E-state index contributed by atoms with van der Waals surface area (Å²) in [4.78, 5) is 12.3. The van der Waals surface area contributed by atoms with Gasteiger partial charge in [-0.05, 0) is 46.3 Å². The Morgan fingerprint density at radius 3 is 2.78 bits per heavy atom. The number of aromatic nitrogens is 3. The minimum atomic E-state index is -0.234. The second-order valence-electron chi connectivity index (χ2n) is 4.76. The summed E-state index contributed by atoms with van der Waals surface area (Å²) in [6.45, 7) is 0.257. The molecule has 0 radical (unpaired) electrons. The average Bonchev–Trinajstić information content (AvgIpc) is 3.04. The van der Waals surface area contributed by atoms with E-state index >= 15 is 0 Å². The van der Waals surface area contributed by atoms with Gasteiger partial charge in [0.05, 0.1) is 12.1 Å². The highest BCUT2D eigenvalue weighted by atomic mass is 79.9. The van der Waals surface area contributed by atoms with Crippen LogP contribution < -0.4 is 5.32 Å². The number of nitrogens with one attached hydrogen (secondary N) is 1. The maximum absolute atomic E-state index is 12.3. The molecule has 0 saturated heterocycles. The van der Waals surface area contributed by atoms with Gasteiger partial charge in [0.2, 0.25) is 0 Å². The second-order valence-corrected chi connectivity index (χ2v) is 6.05. The maximum atomic E-state index is 12.3. The van der Waals surface area contributed by atoms with Gasteiger partial charge < -0.3 is 5.32 Å². The number of halogens is 2. The van der Waals surface area contributed by atoms with E-state index in [1.54, 1.807) is 24.5 Å². The molecule has 0 bridgehead atoms. The molecule has 1 aromatic heterocycles. The Morgan fingerprint density at radius 1 is 1.22 bits per heavy atom. The van der Waals surface area contributed by atoms with Crippen LogP contribution in [-0.2, 0) is 6.54 Å². The van der Waals surface area contributed by atoms with E-state index in [1.165, 1.54) is 0 Å². The number of rotatable bonds is 4. The molecule has 1 N–H and O–H groups in total. The lowest BCUT2D eigenvalue weighted by molar-refractivity contribution is 0.0949. The van der Waals surface area contributed by atoms with Crippen molar-refractivity contribution >= 4 is 33.4 Å². The van der Waals surface area contributed by atoms with Gasteiger partial charge in [-0.3, -0.25) is 9.36 Å². The van der Waals surface area contributed by atoms with E-state index in [0.717, 1.165) is 5.69 Å². The number of hydrogen-bond acceptors (Lipinski definition) is 3. The summed E-state index contributed by atoms with van der Waals surface area (Å²) in [5, 5.41) is 11.3. The van der Waals surface area contributed by atoms with E-state index in [0.29, 0.717) is 20.9 Å². The highest BCUT2D eigenvalue weighted by Crippen LogP contribution is 2.21. The molecule has 5 nitrogen and oxygen atoms in total. The third-order valence-electron chi connectivity index (χ3n) is 3.23. The van der Waals surface area contributed by atoms with Gasteiger partial charge in [-0.1, -0.05) is 29.8 Å². The number of nitrogens with zero attached hydrogens (tertiary/aromatic N) is 3. The van der Waals surface area contributed by atoms with Crippen LogP contribution in [0.15, 0.2) is 59.3 Å². The topological polar surface area (TPSA) is 59.8 Å². The average molecular weight is 392 g/mol. The van der Waals surface area contributed by atoms with Gasteiger partial charge in [-0.15, -0.1) is 10.2 Å². The number of carbonyl (C=O) groups is 1. The van der Waals surface area contributed by atoms with Gasteiger partial charge >= 0.3 is 0 Å². The number of para-hydroxylation sites is 1. The first-order valence-electron chi connectivity index (χ1n) is 6.83. The monoisotopic (exact) mass is 390 g/mol. The van der Waals surface area contributed by atoms with Crippen molar-refractivity contribution in [2.45, 2.75) is 6.54 Å². The third-order valence-corrected chi connectivity index (χ3v) is 4.16. The summed E-state index contributed by atoms with van der Waals surface area (Å²) in [7, 11) is 0. The van der Waals surface area contributed by atoms with Gasteiger partial charge in [-0.2, -0.15) is 0 Å². The molecule has 0 aliphatic carbocycles. The summed E-state index contributed by atoms with van der Waals surface area (Å²) in [5.74, 6) is 0.407. The second kappa shape index (κ2) is 6.93. The first kappa shape index (κ1) is 15.7. The van der Waals surface area contributed by atoms with Crippen molar-refractivity contribution in [1.29, 1.82) is 0 Å². The number of benzene rings is 2. The van der Waals surface area contributed by atoms with Crippen LogP contribution in [0.2, 0.25) is 5.02 Å². The lowest BCUT2D eigenvalue weighted by Gasteiger charge is -2.09. The van der Waals surface area contributed by atoms with Gasteiger partial charge in [0.1, 0.15) is 6.33 Å². The summed E-state index contributed by atoms with van der Waals surface area (Å²) in [6, 6.07) is 14.8. The summed E-state index contributed by atoms with van der Waals surface area (Å²) < 4.78 is 2.51. The van der Waals surface area contributed by atoms with Crippen molar-refractivity contribution in [3.05, 3.63) is 75.7 Å². The molecule has 2 aromatic carbocycles. The quantitative estimate of drug-likeness (QED) is 0.739. The number of amides is 1. The summed E-state index contributed by atoms with van der Waals surface area (Å²) in [5.41, 5.74) is 1.41. The Kier molecular flexibility index (Phi) is 4.73. The first-order valence-corrected chi connectivity index (χ1v) is 8.00. The van der Waals surface area contributed by atoms with Crippen LogP contribution in [0.1, 0.15) is 16.2 Å². The molecule has 0 fully saturated rings. The molecule has 3 aromatic rings. The maximum Gasteiger partial charge on any atom is 0.252 e. The van der Waals surface area contributed by atoms with E-state index in [2.05, 4.69) is 31.4 Å². The molecule has 0 atom stereocenters. The Hall–Kier alpha value is -2.18. The molecule has 7 heteroatoms. The van der Waals surface area contributed by atoms with E-state index in [4.69, 9.17) is 11.6 Å². The van der Waals surface area contributed by atoms with Gasteiger partial charge in [-0.25, -0.2) is 0 Å². The standard InChI is InChI=1S/C16H12BrClN4O/c17-14-7-6-11(18)8-13(14)16(23)19-9-15-21-20-10-22(15)12-4-2-1-3-5-12/h1-8,10H,9H2,(H,19,23). The molecule has 0 aliphatic heterocycles. The molecular weight excluding hydrogens is 380 g/mol. The highest BCUT2D eigenvalue weighted by molar-refractivity contribution is 9.10. The van der Waals surface area contributed by atoms with Gasteiger partial charge in [0.25, 0.3) is 5.91 Å². The van der Waals surface area contributed by atoms with Crippen molar-refractivity contribution in [3.8, 4) is 5.69 Å². The van der Waals surface area contributed by atoms with Crippen LogP contribution in [0.25, 0.3) is 5.69 Å². The normalized spacial score (nSPS) is 10.5. The lowest BCUT2D eigenvalue weighted by atomic mass is 10.2. The fourth-order valence-electron chi connectivity index (χ4n) is 2.11. The van der Waals surface area contributed by atoms with Crippen molar-refractivity contribution in [3.63, 3.8) is 0 Å². The Labute approximate surface area is 146 Å². The number of hydrogen-bond donors (Lipinski definition) is 1. The molecular formula is C16H12BrClN4O. The first-order chi connectivity index (χ1) is 11.1. The van der Waals surface area contributed by atoms with Crippen molar-refractivity contribution in [2.24, 2.45) is 0 Å². The van der Waals surface area contributed by atoms with Crippen LogP contribution in [0.5, 0.6) is 0 Å². The predicted molar refractivity (Wildman–Crippen MR) is 91.7 cm³/mol. The molecule has 0 aliphatic rings. The Bertz CT molecular complexity index is 835. The van der Waals surface area contributed by atoms with Crippen LogP contribution in [-0.4, -0.2) is 20.7 Å². The largest absolute Gasteiger partial charge is 0.345 e. The third kappa shape index (κ3) is 3.60. The van der Waals surface area contributed by atoms with Gasteiger partial charge in [0, 0.05) is 15.2 Å². The zero-order valence-corrected chi connectivity index (χ0v) is 14.3. The van der Waals surface area contributed by atoms with Gasteiger partial charge in [0.15, 0.2) is 5.82 Å². The van der Waals surface area contributed by atoms with E-state index in [-0.39, 0.29) is 12.5 Å². The number of carbonyl (C=O) groups excluding carboxylic acids is 1. The van der Waals surface area contributed by atoms with E-state index < -0.39 is 0 Å². The fraction of sp³-hybridized carbons (Fsp3) is 0.0625. The molecule has 1 heterocycles. The SMILES string of the molecule is O=C(NCc1nncn1-c1ccccc1)c1cc(Cl)ccc1Br. The molecule has 0 unspecified atom stereocenters. The van der Waals surface area contributed by atoms with Crippen LogP contribution >= 0.6 is 27.5 Å². The molecule has 1 amide bonds. The lowest BCUT2D eigenvalue weighted by Crippen LogP contribution is -2.25. The van der Waals surface area contributed by atoms with Crippen LogP contribution in [0.3, 0.4) is 0 Å². The molecule has 0 spiro atoms. The van der Waals surface area contributed by atoms with Crippen molar-refractivity contribution < 1.29 is 4.79 Å². The predicted octanol–water partition coefficient (Wildman–Crippen LogP) is 3.61. The summed E-state index contributed by atoms with van der Waals surface area (Å²) >= 11 is 9.29.